The first-order valence-corrected chi connectivity index (χ1v) is 9.57. The van der Waals surface area contributed by atoms with Crippen LogP contribution in [-0.4, -0.2) is 57.7 Å². The highest BCUT2D eigenvalue weighted by Crippen LogP contribution is 2.23. The lowest BCUT2D eigenvalue weighted by atomic mass is 10.2. The van der Waals surface area contributed by atoms with Gasteiger partial charge in [0.25, 0.3) is 0 Å². The molecular weight excluding hydrogens is 352 g/mol. The van der Waals surface area contributed by atoms with Crippen molar-refractivity contribution in [3.05, 3.63) is 22.6 Å². The quantitative estimate of drug-likeness (QED) is 0.394. The van der Waals surface area contributed by atoms with E-state index in [4.69, 9.17) is 25.8 Å². The first kappa shape index (κ1) is 20.7. The second-order valence-electron chi connectivity index (χ2n) is 6.04. The summed E-state index contributed by atoms with van der Waals surface area (Å²) in [5, 5.41) is 2.31. The molecule has 1 fully saturated rings. The molecule has 1 aromatic rings. The Labute approximate surface area is 160 Å². The third-order valence-corrected chi connectivity index (χ3v) is 4.51. The number of morpholine rings is 1. The number of rotatable bonds is 8. The van der Waals surface area contributed by atoms with Crippen LogP contribution in [0.4, 0.5) is 0 Å². The Morgan fingerprint density at radius 2 is 2.08 bits per heavy atom. The maximum Gasteiger partial charge on any atom is 0.161 e. The number of methoxy groups -OCH3 is 1. The van der Waals surface area contributed by atoms with Gasteiger partial charge in [0.15, 0.2) is 11.5 Å². The summed E-state index contributed by atoms with van der Waals surface area (Å²) in [6.45, 7) is 9.19. The molecule has 1 aliphatic heterocycles. The highest BCUT2D eigenvalue weighted by atomic mass is 35.5. The van der Waals surface area contributed by atoms with Crippen molar-refractivity contribution in [3.63, 3.8) is 0 Å². The van der Waals surface area contributed by atoms with Gasteiger partial charge in [-0.1, -0.05) is 24.6 Å². The van der Waals surface area contributed by atoms with Crippen molar-refractivity contribution < 1.29 is 14.2 Å². The van der Waals surface area contributed by atoms with E-state index in [0.717, 1.165) is 56.1 Å². The van der Waals surface area contributed by atoms with Gasteiger partial charge in [-0.15, -0.1) is 0 Å². The summed E-state index contributed by atoms with van der Waals surface area (Å²) in [5.74, 6) is 1.41. The summed E-state index contributed by atoms with van der Waals surface area (Å²) in [5.41, 5.74) is 0. The van der Waals surface area contributed by atoms with Gasteiger partial charge in [0, 0.05) is 31.1 Å². The molecule has 0 aromatic heterocycles. The zero-order valence-electron chi connectivity index (χ0n) is 16.0. The molecule has 6 heteroatoms. The Morgan fingerprint density at radius 1 is 1.31 bits per heavy atom. The molecule has 0 bridgehead atoms. The minimum Gasteiger partial charge on any atom is -0.493 e. The topological polar surface area (TPSA) is 43.3 Å². The molecule has 0 aliphatic carbocycles. The Hall–Kier alpha value is -1.56. The zero-order chi connectivity index (χ0) is 18.8. The van der Waals surface area contributed by atoms with Crippen molar-refractivity contribution in [3.8, 4) is 11.5 Å². The van der Waals surface area contributed by atoms with E-state index in [0.29, 0.717) is 23.3 Å². The largest absolute Gasteiger partial charge is 0.493 e. The van der Waals surface area contributed by atoms with Gasteiger partial charge in [0.05, 0.1) is 26.9 Å². The number of halogens is 1. The van der Waals surface area contributed by atoms with Crippen LogP contribution in [0, 0.1) is 0 Å². The van der Waals surface area contributed by atoms with Gasteiger partial charge in [-0.2, -0.15) is 0 Å². The lowest BCUT2D eigenvalue weighted by Gasteiger charge is -2.26. The normalized spacial score (nSPS) is 17.6. The molecule has 144 valence electrons. The second-order valence-corrected chi connectivity index (χ2v) is 6.39. The average Bonchev–Trinajstić information content (AvgIpc) is 2.66. The second kappa shape index (κ2) is 11.2. The Kier molecular flexibility index (Phi) is 8.95. The van der Waals surface area contributed by atoms with Gasteiger partial charge in [-0.25, -0.2) is 4.99 Å². The average molecular weight is 381 g/mol. The number of benzene rings is 1. The van der Waals surface area contributed by atoms with Gasteiger partial charge >= 0.3 is 0 Å². The summed E-state index contributed by atoms with van der Waals surface area (Å²) in [4.78, 5) is 6.61. The molecule has 0 N–H and O–H groups in total. The minimum atomic E-state index is 0.452. The van der Waals surface area contributed by atoms with E-state index < -0.39 is 0 Å². The van der Waals surface area contributed by atoms with Crippen LogP contribution in [0.3, 0.4) is 0 Å². The van der Waals surface area contributed by atoms with Crippen molar-refractivity contribution >= 4 is 29.0 Å². The molecule has 0 atom stereocenters. The van der Waals surface area contributed by atoms with E-state index in [1.165, 1.54) is 0 Å². The molecule has 26 heavy (non-hydrogen) atoms. The maximum absolute atomic E-state index is 6.36. The number of nitrogens with zero attached hydrogens (tertiary/aromatic N) is 2. The van der Waals surface area contributed by atoms with Crippen molar-refractivity contribution in [2.24, 2.45) is 4.99 Å². The van der Waals surface area contributed by atoms with E-state index >= 15 is 0 Å². The molecule has 1 aromatic carbocycles. The number of hydrogen-bond donors (Lipinski definition) is 0. The van der Waals surface area contributed by atoms with Gasteiger partial charge < -0.3 is 14.2 Å². The molecule has 1 saturated heterocycles. The van der Waals surface area contributed by atoms with Crippen LogP contribution >= 0.6 is 11.6 Å². The van der Waals surface area contributed by atoms with Crippen molar-refractivity contribution in [2.75, 3.05) is 46.6 Å². The number of ether oxygens (including phenoxy) is 3. The molecule has 0 amide bonds. The van der Waals surface area contributed by atoms with Crippen LogP contribution in [0.25, 0.3) is 11.2 Å². The zero-order valence-corrected chi connectivity index (χ0v) is 16.7. The third-order valence-electron chi connectivity index (χ3n) is 4.20. The highest BCUT2D eigenvalue weighted by Gasteiger charge is 2.11. The first-order valence-electron chi connectivity index (χ1n) is 9.19. The summed E-state index contributed by atoms with van der Waals surface area (Å²) in [6.07, 6.45) is 5.64. The molecule has 1 aliphatic rings. The minimum absolute atomic E-state index is 0.452. The van der Waals surface area contributed by atoms with E-state index in [9.17, 15) is 0 Å². The van der Waals surface area contributed by atoms with E-state index in [2.05, 4.69) is 22.9 Å². The summed E-state index contributed by atoms with van der Waals surface area (Å²) in [6, 6.07) is 3.88. The molecule has 1 heterocycles. The Morgan fingerprint density at radius 3 is 2.73 bits per heavy atom. The van der Waals surface area contributed by atoms with Gasteiger partial charge in [-0.05, 0) is 37.1 Å². The predicted molar refractivity (Wildman–Crippen MR) is 108 cm³/mol. The van der Waals surface area contributed by atoms with E-state index in [1.807, 2.05) is 19.1 Å². The third kappa shape index (κ3) is 6.01. The van der Waals surface area contributed by atoms with Crippen LogP contribution < -0.4 is 19.9 Å². The fourth-order valence-electron chi connectivity index (χ4n) is 2.89. The van der Waals surface area contributed by atoms with Crippen LogP contribution in [-0.2, 0) is 4.74 Å². The van der Waals surface area contributed by atoms with E-state index in [-0.39, 0.29) is 0 Å². The molecule has 2 rings (SSSR count). The summed E-state index contributed by atoms with van der Waals surface area (Å²) in [7, 11) is 1.65. The van der Waals surface area contributed by atoms with Crippen molar-refractivity contribution in [2.45, 2.75) is 26.7 Å². The van der Waals surface area contributed by atoms with Gasteiger partial charge in [0.1, 0.15) is 5.16 Å². The maximum atomic E-state index is 6.36. The molecule has 5 nitrogen and oxygen atoms in total. The molecule has 0 unspecified atom stereocenters. The molecular formula is C20H29ClN2O3. The van der Waals surface area contributed by atoms with Crippen molar-refractivity contribution in [1.82, 2.24) is 4.90 Å². The Balaban J connectivity index is 2.14. The fraction of sp³-hybridized carbons (Fsp3) is 0.550. The fourth-order valence-corrected chi connectivity index (χ4v) is 3.15. The lowest BCUT2D eigenvalue weighted by Crippen LogP contribution is -2.37. The van der Waals surface area contributed by atoms with Gasteiger partial charge in [0.2, 0.25) is 0 Å². The standard InChI is InChI=1S/C20H29ClN2O3/c1-4-7-16-14-18(24-3)19(15-17(16)20(21)22-5-2)26-11-6-8-23-9-12-25-13-10-23/h5,7,14-15H,4,6,8-13H2,1-3H3/b16-7+,20-17-,22-5-. The SMILES string of the molecule is C\C=N/C(Cl)=c1/cc(OCCCN2CCOCC2)c(OC)c/c1=C\CC. The van der Waals surface area contributed by atoms with Gasteiger partial charge in [-0.3, -0.25) is 4.90 Å². The monoisotopic (exact) mass is 380 g/mol. The molecule has 0 spiro atoms. The summed E-state index contributed by atoms with van der Waals surface area (Å²) < 4.78 is 16.9. The number of hydrogen-bond acceptors (Lipinski definition) is 5. The smallest absolute Gasteiger partial charge is 0.161 e. The lowest BCUT2D eigenvalue weighted by molar-refractivity contribution is 0.0357. The molecule has 0 radical (unpaired) electrons. The predicted octanol–water partition coefficient (Wildman–Crippen LogP) is 2.38. The number of aliphatic imine (C=N–C) groups is 1. The van der Waals surface area contributed by atoms with Crippen molar-refractivity contribution in [1.29, 1.82) is 0 Å². The van der Waals surface area contributed by atoms with Crippen LogP contribution in [0.5, 0.6) is 11.5 Å². The van der Waals surface area contributed by atoms with Crippen LogP contribution in [0.15, 0.2) is 17.1 Å². The Bertz CT molecular complexity index is 713. The summed E-state index contributed by atoms with van der Waals surface area (Å²) >= 11 is 6.36. The van der Waals surface area contributed by atoms with Crippen LogP contribution in [0.2, 0.25) is 0 Å². The molecule has 0 saturated carbocycles. The van der Waals surface area contributed by atoms with E-state index in [1.54, 1.807) is 13.3 Å². The first-order chi connectivity index (χ1) is 12.7. The van der Waals surface area contributed by atoms with Crippen LogP contribution in [0.1, 0.15) is 26.7 Å². The highest BCUT2D eigenvalue weighted by molar-refractivity contribution is 6.45.